The summed E-state index contributed by atoms with van der Waals surface area (Å²) in [5, 5.41) is 8.48. The van der Waals surface area contributed by atoms with E-state index in [0.717, 1.165) is 13.0 Å². The van der Waals surface area contributed by atoms with Crippen molar-refractivity contribution in [1.82, 2.24) is 0 Å². The first-order valence-corrected chi connectivity index (χ1v) is 13.1. The van der Waals surface area contributed by atoms with Crippen molar-refractivity contribution in [2.75, 3.05) is 6.61 Å². The second-order valence-corrected chi connectivity index (χ2v) is 10.1. The zero-order valence-electron chi connectivity index (χ0n) is 20.0. The van der Waals surface area contributed by atoms with Crippen molar-refractivity contribution in [3.8, 4) is 6.07 Å². The van der Waals surface area contributed by atoms with Crippen LogP contribution in [-0.4, -0.2) is 12.7 Å². The zero-order valence-corrected chi connectivity index (χ0v) is 20.0. The van der Waals surface area contributed by atoms with Gasteiger partial charge in [0.1, 0.15) is 6.07 Å². The van der Waals surface area contributed by atoms with Crippen molar-refractivity contribution in [2.45, 2.75) is 109 Å². The van der Waals surface area contributed by atoms with E-state index in [1.54, 1.807) is 6.07 Å². The van der Waals surface area contributed by atoms with E-state index in [2.05, 4.69) is 31.2 Å². The fourth-order valence-corrected chi connectivity index (χ4v) is 5.55. The van der Waals surface area contributed by atoms with Gasteiger partial charge in [0.05, 0.1) is 6.10 Å². The molecular weight excluding hydrogens is 397 g/mol. The molecule has 0 unspecified atom stereocenters. The summed E-state index contributed by atoms with van der Waals surface area (Å²) in [7, 11) is 0. The van der Waals surface area contributed by atoms with Crippen LogP contribution in [0.25, 0.3) is 0 Å². The Morgan fingerprint density at radius 1 is 1.00 bits per heavy atom. The Morgan fingerprint density at radius 3 is 2.34 bits per heavy atom. The first-order valence-electron chi connectivity index (χ1n) is 13.1. The number of rotatable bonds is 11. The van der Waals surface area contributed by atoms with E-state index in [0.29, 0.717) is 30.3 Å². The van der Waals surface area contributed by atoms with Crippen molar-refractivity contribution >= 4 is 0 Å². The third-order valence-corrected chi connectivity index (χ3v) is 7.73. The van der Waals surface area contributed by atoms with Gasteiger partial charge in [-0.2, -0.15) is 9.65 Å². The number of ether oxygens (including phenoxy) is 1. The number of hydrogen-bond acceptors (Lipinski definition) is 2. The normalized spacial score (nSPS) is 26.6. The first-order chi connectivity index (χ1) is 15.7. The van der Waals surface area contributed by atoms with Crippen LogP contribution in [0.3, 0.4) is 0 Å². The molecule has 1 aromatic rings. The van der Waals surface area contributed by atoms with Crippen molar-refractivity contribution < 1.29 is 9.13 Å². The van der Waals surface area contributed by atoms with E-state index < -0.39 is 5.83 Å². The Bertz CT molecular complexity index is 719. The predicted molar refractivity (Wildman–Crippen MR) is 130 cm³/mol. The minimum atomic E-state index is -0.638. The third-order valence-electron chi connectivity index (χ3n) is 7.73. The minimum absolute atomic E-state index is 0.441. The molecule has 0 atom stereocenters. The van der Waals surface area contributed by atoms with Crippen LogP contribution < -0.4 is 0 Å². The molecule has 0 radical (unpaired) electrons. The van der Waals surface area contributed by atoms with E-state index in [9.17, 15) is 4.39 Å². The van der Waals surface area contributed by atoms with Gasteiger partial charge in [-0.15, -0.1) is 0 Å². The van der Waals surface area contributed by atoms with Gasteiger partial charge in [0.25, 0.3) is 0 Å². The van der Waals surface area contributed by atoms with E-state index in [-0.39, 0.29) is 0 Å². The van der Waals surface area contributed by atoms with Crippen LogP contribution in [0.5, 0.6) is 0 Å². The number of nitriles is 1. The number of allylic oxidation sites excluding steroid dienone is 2. The van der Waals surface area contributed by atoms with Gasteiger partial charge in [0.15, 0.2) is 5.83 Å². The average Bonchev–Trinajstić information content (AvgIpc) is 2.84. The molecule has 3 rings (SSSR count). The highest BCUT2D eigenvalue weighted by Crippen LogP contribution is 2.36. The van der Waals surface area contributed by atoms with E-state index in [1.165, 1.54) is 94.3 Å². The van der Waals surface area contributed by atoms with Gasteiger partial charge in [0, 0.05) is 6.61 Å². The molecule has 176 valence electrons. The monoisotopic (exact) mass is 439 g/mol. The van der Waals surface area contributed by atoms with Crippen LogP contribution >= 0.6 is 0 Å². The smallest absolute Gasteiger partial charge is 0.196 e. The topological polar surface area (TPSA) is 33.0 Å². The highest BCUT2D eigenvalue weighted by Gasteiger charge is 2.25. The fraction of sp³-hybridized carbons (Fsp3) is 0.690. The molecule has 2 nitrogen and oxygen atoms in total. The Hall–Kier alpha value is -1.66. The van der Waals surface area contributed by atoms with Crippen molar-refractivity contribution in [3.05, 3.63) is 47.3 Å². The molecule has 0 bridgehead atoms. The molecule has 0 N–H and O–H groups in total. The Kier molecular flexibility index (Phi) is 10.8. The Morgan fingerprint density at radius 2 is 1.69 bits per heavy atom. The lowest BCUT2D eigenvalue weighted by Crippen LogP contribution is -2.25. The van der Waals surface area contributed by atoms with Crippen molar-refractivity contribution in [1.29, 1.82) is 5.26 Å². The summed E-state index contributed by atoms with van der Waals surface area (Å²) in [6.07, 6.45) is 18.5. The van der Waals surface area contributed by atoms with Gasteiger partial charge in [-0.25, -0.2) is 0 Å². The molecule has 2 aliphatic carbocycles. The van der Waals surface area contributed by atoms with Crippen molar-refractivity contribution in [3.63, 3.8) is 0 Å². The summed E-state index contributed by atoms with van der Waals surface area (Å²) >= 11 is 0. The van der Waals surface area contributed by atoms with Gasteiger partial charge in [0.2, 0.25) is 0 Å². The number of aryl methyl sites for hydroxylation is 1. The summed E-state index contributed by atoms with van der Waals surface area (Å²) in [6, 6.07) is 11.0. The molecule has 0 spiro atoms. The maximum atomic E-state index is 12.9. The van der Waals surface area contributed by atoms with Gasteiger partial charge in [-0.3, -0.25) is 0 Å². The van der Waals surface area contributed by atoms with Gasteiger partial charge in [-0.1, -0.05) is 56.9 Å². The fourth-order valence-electron chi connectivity index (χ4n) is 5.55. The summed E-state index contributed by atoms with van der Waals surface area (Å²) in [4.78, 5) is 0. The average molecular weight is 440 g/mol. The summed E-state index contributed by atoms with van der Waals surface area (Å²) in [5.74, 6) is 1.44. The van der Waals surface area contributed by atoms with Crippen LogP contribution in [0.15, 0.2) is 36.2 Å². The highest BCUT2D eigenvalue weighted by molar-refractivity contribution is 5.26. The maximum Gasteiger partial charge on any atom is 0.196 e. The highest BCUT2D eigenvalue weighted by atomic mass is 19.1. The SMILES string of the molecule is CCCCCc1ccc([C@H]2CC[C@H](OC[C@H]3CC[C@H](CCC=C(F)C#N)CC3)CC2)cc1. The molecular formula is C29H42FNO. The molecule has 0 aromatic heterocycles. The number of nitrogens with zero attached hydrogens (tertiary/aromatic N) is 1. The summed E-state index contributed by atoms with van der Waals surface area (Å²) in [6.45, 7) is 3.18. The number of hydrogen-bond donors (Lipinski definition) is 0. The number of halogens is 1. The molecule has 2 saturated carbocycles. The van der Waals surface area contributed by atoms with E-state index >= 15 is 0 Å². The predicted octanol–water partition coefficient (Wildman–Crippen LogP) is 8.43. The largest absolute Gasteiger partial charge is 0.378 e. The maximum absolute atomic E-state index is 12.9. The van der Waals surface area contributed by atoms with Crippen LogP contribution in [0.1, 0.15) is 107 Å². The molecule has 2 fully saturated rings. The second kappa shape index (κ2) is 13.8. The molecule has 0 saturated heterocycles. The molecule has 32 heavy (non-hydrogen) atoms. The van der Waals surface area contributed by atoms with Crippen molar-refractivity contribution in [2.24, 2.45) is 11.8 Å². The van der Waals surface area contributed by atoms with Gasteiger partial charge >= 0.3 is 0 Å². The van der Waals surface area contributed by atoms with Crippen LogP contribution in [0, 0.1) is 23.2 Å². The summed E-state index contributed by atoms with van der Waals surface area (Å²) in [5.41, 5.74) is 3.00. The lowest BCUT2D eigenvalue weighted by atomic mass is 9.80. The Labute approximate surface area is 195 Å². The molecule has 0 heterocycles. The molecule has 0 aliphatic heterocycles. The standard InChI is InChI=1S/C29H42FNO/c1-2-3-4-6-23-13-15-26(16-14-23)27-17-19-29(20-18-27)32-22-25-11-9-24(10-12-25)7-5-8-28(30)21-31/h8,13-16,24-25,27,29H,2-7,9-12,17-20,22H2,1H3/t24-,25-,27-,29-. The summed E-state index contributed by atoms with van der Waals surface area (Å²) < 4.78 is 19.2. The first kappa shape index (κ1) is 25.0. The van der Waals surface area contributed by atoms with Crippen LogP contribution in [0.2, 0.25) is 0 Å². The number of unbranched alkanes of at least 4 members (excludes halogenated alkanes) is 2. The van der Waals surface area contributed by atoms with Gasteiger partial charge < -0.3 is 4.74 Å². The molecule has 1 aromatic carbocycles. The zero-order chi connectivity index (χ0) is 22.6. The third kappa shape index (κ3) is 8.36. The number of benzene rings is 1. The molecule has 0 amide bonds. The van der Waals surface area contributed by atoms with E-state index in [1.807, 2.05) is 0 Å². The quantitative estimate of drug-likeness (QED) is 0.256. The van der Waals surface area contributed by atoms with Crippen LogP contribution in [0.4, 0.5) is 4.39 Å². The van der Waals surface area contributed by atoms with Gasteiger partial charge in [-0.05, 0) is 99.2 Å². The van der Waals surface area contributed by atoms with E-state index in [4.69, 9.17) is 10.00 Å². The molecule has 3 heteroatoms. The Balaban J connectivity index is 1.29. The second-order valence-electron chi connectivity index (χ2n) is 10.1. The van der Waals surface area contributed by atoms with Crippen LogP contribution in [-0.2, 0) is 11.2 Å². The lowest BCUT2D eigenvalue weighted by Gasteiger charge is -2.32. The lowest BCUT2D eigenvalue weighted by molar-refractivity contribution is -0.00474. The minimum Gasteiger partial charge on any atom is -0.378 e. The molecule has 2 aliphatic rings.